The monoisotopic (exact) mass is 199 g/mol. The summed E-state index contributed by atoms with van der Waals surface area (Å²) in [7, 11) is 0. The molecule has 0 aromatic heterocycles. The second kappa shape index (κ2) is 5.38. The Morgan fingerprint density at radius 1 is 1.29 bits per heavy atom. The first kappa shape index (κ1) is 13.5. The van der Waals surface area contributed by atoms with E-state index in [1.165, 1.54) is 6.42 Å². The minimum Gasteiger partial charge on any atom is -0.342 e. The van der Waals surface area contributed by atoms with Crippen molar-refractivity contribution in [3.05, 3.63) is 0 Å². The van der Waals surface area contributed by atoms with E-state index in [9.17, 15) is 4.79 Å². The van der Waals surface area contributed by atoms with Crippen LogP contribution in [0.3, 0.4) is 0 Å². The minimum absolute atomic E-state index is 0. The Labute approximate surface area is 88.7 Å². The Morgan fingerprint density at radius 2 is 1.79 bits per heavy atom. The average Bonchev–Trinajstić information content (AvgIpc) is 1.94. The maximum Gasteiger partial charge on any atom is 0.225 e. The van der Waals surface area contributed by atoms with Gasteiger partial charge < -0.3 is 4.90 Å². The molecule has 0 radical (unpaired) electrons. The van der Waals surface area contributed by atoms with Crippen LogP contribution < -0.4 is 0 Å². The Morgan fingerprint density at radius 3 is 2.14 bits per heavy atom. The number of carbonyl (C=O) groups is 1. The molecule has 0 atom stereocenters. The van der Waals surface area contributed by atoms with E-state index in [1.54, 1.807) is 0 Å². The van der Waals surface area contributed by atoms with E-state index in [0.717, 1.165) is 24.9 Å². The van der Waals surface area contributed by atoms with Crippen LogP contribution in [0.5, 0.6) is 0 Å². The SMILES string of the molecule is C.CC(C)CC1CN(C(=O)C(C)C)C1. The first-order chi connectivity index (χ1) is 6.00. The maximum absolute atomic E-state index is 11.5. The molecule has 1 amide bonds. The van der Waals surface area contributed by atoms with Gasteiger partial charge in [0.1, 0.15) is 0 Å². The largest absolute Gasteiger partial charge is 0.342 e. The summed E-state index contributed by atoms with van der Waals surface area (Å²) < 4.78 is 0. The summed E-state index contributed by atoms with van der Waals surface area (Å²) in [6, 6.07) is 0. The van der Waals surface area contributed by atoms with E-state index >= 15 is 0 Å². The van der Waals surface area contributed by atoms with Crippen molar-refractivity contribution >= 4 is 5.91 Å². The van der Waals surface area contributed by atoms with Crippen LogP contribution >= 0.6 is 0 Å². The van der Waals surface area contributed by atoms with Gasteiger partial charge in [-0.05, 0) is 18.3 Å². The molecular formula is C12H25NO. The topological polar surface area (TPSA) is 20.3 Å². The van der Waals surface area contributed by atoms with Crippen molar-refractivity contribution < 1.29 is 4.79 Å². The van der Waals surface area contributed by atoms with Crippen molar-refractivity contribution in [2.45, 2.75) is 41.5 Å². The number of rotatable bonds is 3. The van der Waals surface area contributed by atoms with Crippen LogP contribution in [0.2, 0.25) is 0 Å². The molecule has 2 heteroatoms. The predicted molar refractivity (Wildman–Crippen MR) is 61.1 cm³/mol. The van der Waals surface area contributed by atoms with E-state index in [4.69, 9.17) is 0 Å². The molecule has 0 bridgehead atoms. The fourth-order valence-corrected chi connectivity index (χ4v) is 1.93. The van der Waals surface area contributed by atoms with Crippen LogP contribution in [-0.4, -0.2) is 23.9 Å². The van der Waals surface area contributed by atoms with Crippen molar-refractivity contribution in [3.8, 4) is 0 Å². The van der Waals surface area contributed by atoms with Gasteiger partial charge in [0.15, 0.2) is 0 Å². The van der Waals surface area contributed by atoms with E-state index < -0.39 is 0 Å². The quantitative estimate of drug-likeness (QED) is 0.684. The lowest BCUT2D eigenvalue weighted by atomic mass is 9.89. The van der Waals surface area contributed by atoms with Gasteiger partial charge in [0, 0.05) is 19.0 Å². The molecule has 2 nitrogen and oxygen atoms in total. The van der Waals surface area contributed by atoms with Crippen molar-refractivity contribution in [3.63, 3.8) is 0 Å². The number of likely N-dealkylation sites (tertiary alicyclic amines) is 1. The van der Waals surface area contributed by atoms with Crippen LogP contribution in [0.25, 0.3) is 0 Å². The highest BCUT2D eigenvalue weighted by Gasteiger charge is 2.31. The highest BCUT2D eigenvalue weighted by atomic mass is 16.2. The van der Waals surface area contributed by atoms with E-state index in [-0.39, 0.29) is 13.3 Å². The third kappa shape index (κ3) is 3.32. The van der Waals surface area contributed by atoms with Gasteiger partial charge in [0.25, 0.3) is 0 Å². The molecule has 0 saturated carbocycles. The van der Waals surface area contributed by atoms with Crippen molar-refractivity contribution in [2.75, 3.05) is 13.1 Å². The lowest BCUT2D eigenvalue weighted by Crippen LogP contribution is -2.51. The third-order valence-corrected chi connectivity index (χ3v) is 2.57. The Hall–Kier alpha value is -0.530. The second-order valence-electron chi connectivity index (χ2n) is 4.89. The van der Waals surface area contributed by atoms with Gasteiger partial charge in [0.2, 0.25) is 5.91 Å². The standard InChI is InChI=1S/C11H21NO.CH4/c1-8(2)5-10-6-12(7-10)11(13)9(3)4;/h8-10H,5-7H2,1-4H3;1H4. The lowest BCUT2D eigenvalue weighted by Gasteiger charge is -2.41. The Balaban J connectivity index is 0.00000169. The Bertz CT molecular complexity index is 181. The molecular weight excluding hydrogens is 174 g/mol. The molecule has 0 aromatic rings. The second-order valence-corrected chi connectivity index (χ2v) is 4.89. The predicted octanol–water partition coefficient (Wildman–Crippen LogP) is 2.78. The lowest BCUT2D eigenvalue weighted by molar-refractivity contribution is -0.141. The van der Waals surface area contributed by atoms with Crippen molar-refractivity contribution in [1.82, 2.24) is 4.90 Å². The van der Waals surface area contributed by atoms with Crippen LogP contribution in [-0.2, 0) is 4.79 Å². The number of hydrogen-bond donors (Lipinski definition) is 0. The van der Waals surface area contributed by atoms with Crippen LogP contribution in [0.1, 0.15) is 41.5 Å². The van der Waals surface area contributed by atoms with Gasteiger partial charge in [-0.2, -0.15) is 0 Å². The molecule has 1 aliphatic heterocycles. The number of amides is 1. The average molecular weight is 199 g/mol. The number of nitrogens with zero attached hydrogens (tertiary/aromatic N) is 1. The van der Waals surface area contributed by atoms with Gasteiger partial charge in [-0.1, -0.05) is 35.1 Å². The first-order valence-electron chi connectivity index (χ1n) is 5.29. The van der Waals surface area contributed by atoms with Crippen molar-refractivity contribution in [1.29, 1.82) is 0 Å². The molecule has 1 aliphatic rings. The van der Waals surface area contributed by atoms with E-state index in [0.29, 0.717) is 5.91 Å². The summed E-state index contributed by atoms with van der Waals surface area (Å²) in [6.45, 7) is 10.4. The molecule has 0 aromatic carbocycles. The molecule has 0 N–H and O–H groups in total. The molecule has 0 aliphatic carbocycles. The molecule has 1 heterocycles. The van der Waals surface area contributed by atoms with Crippen molar-refractivity contribution in [2.24, 2.45) is 17.8 Å². The normalized spacial score (nSPS) is 16.9. The number of carbonyl (C=O) groups excluding carboxylic acids is 1. The van der Waals surface area contributed by atoms with Gasteiger partial charge in [0.05, 0.1) is 0 Å². The Kier molecular flexibility index (Phi) is 5.17. The number of hydrogen-bond acceptors (Lipinski definition) is 1. The highest BCUT2D eigenvalue weighted by Crippen LogP contribution is 2.24. The smallest absolute Gasteiger partial charge is 0.225 e. The summed E-state index contributed by atoms with van der Waals surface area (Å²) in [6.07, 6.45) is 1.27. The molecule has 1 rings (SSSR count). The summed E-state index contributed by atoms with van der Waals surface area (Å²) >= 11 is 0. The van der Waals surface area contributed by atoms with Gasteiger partial charge in [-0.25, -0.2) is 0 Å². The zero-order chi connectivity index (χ0) is 10.0. The molecule has 1 fully saturated rings. The summed E-state index contributed by atoms with van der Waals surface area (Å²) in [4.78, 5) is 13.5. The third-order valence-electron chi connectivity index (χ3n) is 2.57. The van der Waals surface area contributed by atoms with E-state index in [2.05, 4.69) is 13.8 Å². The molecule has 0 unspecified atom stereocenters. The van der Waals surface area contributed by atoms with Crippen LogP contribution in [0.15, 0.2) is 0 Å². The van der Waals surface area contributed by atoms with Gasteiger partial charge in [-0.15, -0.1) is 0 Å². The van der Waals surface area contributed by atoms with Crippen LogP contribution in [0.4, 0.5) is 0 Å². The summed E-state index contributed by atoms with van der Waals surface area (Å²) in [5.41, 5.74) is 0. The minimum atomic E-state index is 0. The van der Waals surface area contributed by atoms with Crippen LogP contribution in [0, 0.1) is 17.8 Å². The zero-order valence-electron chi connectivity index (χ0n) is 9.21. The summed E-state index contributed by atoms with van der Waals surface area (Å²) in [5, 5.41) is 0. The summed E-state index contributed by atoms with van der Waals surface area (Å²) in [5.74, 6) is 2.02. The van der Waals surface area contributed by atoms with Gasteiger partial charge in [-0.3, -0.25) is 4.79 Å². The molecule has 0 spiro atoms. The molecule has 14 heavy (non-hydrogen) atoms. The fourth-order valence-electron chi connectivity index (χ4n) is 1.93. The fraction of sp³-hybridized carbons (Fsp3) is 0.917. The highest BCUT2D eigenvalue weighted by molar-refractivity contribution is 5.78. The maximum atomic E-state index is 11.5. The van der Waals surface area contributed by atoms with E-state index in [1.807, 2.05) is 18.7 Å². The zero-order valence-corrected chi connectivity index (χ0v) is 9.21. The first-order valence-corrected chi connectivity index (χ1v) is 5.29. The molecule has 84 valence electrons. The molecule has 1 saturated heterocycles. The van der Waals surface area contributed by atoms with Gasteiger partial charge >= 0.3 is 0 Å².